The van der Waals surface area contributed by atoms with Gasteiger partial charge in [0, 0.05) is 13.1 Å². The number of ether oxygens (including phenoxy) is 1. The molecule has 2 aromatic rings. The highest BCUT2D eigenvalue weighted by Gasteiger charge is 2.16. The quantitative estimate of drug-likeness (QED) is 0.847. The van der Waals surface area contributed by atoms with E-state index in [0.717, 1.165) is 6.07 Å². The molecule has 2 rings (SSSR count). The topological polar surface area (TPSA) is 64.4 Å². The zero-order valence-electron chi connectivity index (χ0n) is 10.2. The first kappa shape index (κ1) is 14.8. The van der Waals surface area contributed by atoms with Crippen LogP contribution in [0.1, 0.15) is 16.1 Å². The van der Waals surface area contributed by atoms with Crippen LogP contribution in [0.2, 0.25) is 5.02 Å². The number of aromatic nitrogens is 2. The second-order valence-corrected chi connectivity index (χ2v) is 5.18. The van der Waals surface area contributed by atoms with E-state index < -0.39 is 11.8 Å². The summed E-state index contributed by atoms with van der Waals surface area (Å²) < 4.78 is 20.7. The summed E-state index contributed by atoms with van der Waals surface area (Å²) >= 11 is 8.82. The van der Waals surface area contributed by atoms with E-state index in [0.29, 0.717) is 10.2 Å². The molecular weight excluding hydrogens is 354 g/mol. The third-order valence-corrected chi connectivity index (χ3v) is 3.54. The van der Waals surface area contributed by atoms with Gasteiger partial charge in [0.05, 0.1) is 21.4 Å². The van der Waals surface area contributed by atoms with Gasteiger partial charge in [0.25, 0.3) is 0 Å². The van der Waals surface area contributed by atoms with Crippen LogP contribution in [0.25, 0.3) is 0 Å². The second-order valence-electron chi connectivity index (χ2n) is 3.92. The number of hydrogen-bond acceptors (Lipinski definition) is 3. The summed E-state index contributed by atoms with van der Waals surface area (Å²) in [6, 6.07) is 2.50. The average Bonchev–Trinajstić information content (AvgIpc) is 2.74. The van der Waals surface area contributed by atoms with Gasteiger partial charge >= 0.3 is 5.97 Å². The van der Waals surface area contributed by atoms with Crippen LogP contribution in [0, 0.1) is 5.82 Å². The van der Waals surface area contributed by atoms with Crippen molar-refractivity contribution < 1.29 is 19.0 Å². The zero-order chi connectivity index (χ0) is 14.9. The van der Waals surface area contributed by atoms with Crippen LogP contribution in [0.15, 0.2) is 22.8 Å². The average molecular weight is 364 g/mol. The van der Waals surface area contributed by atoms with Crippen LogP contribution in [0.4, 0.5) is 4.39 Å². The number of carboxylic acid groups (broad SMARTS) is 1. The van der Waals surface area contributed by atoms with E-state index in [-0.39, 0.29) is 22.9 Å². The molecule has 0 atom stereocenters. The highest BCUT2D eigenvalue weighted by atomic mass is 79.9. The monoisotopic (exact) mass is 362 g/mol. The summed E-state index contributed by atoms with van der Waals surface area (Å²) in [5.41, 5.74) is 0.415. The summed E-state index contributed by atoms with van der Waals surface area (Å²) in [4.78, 5) is 11.0. The Morgan fingerprint density at radius 3 is 2.95 bits per heavy atom. The van der Waals surface area contributed by atoms with Crippen molar-refractivity contribution in [2.45, 2.75) is 6.61 Å². The number of benzene rings is 1. The standard InChI is InChI=1S/C12H9BrClFN2O3/c1-17-10(6(4-16-17)12(18)19)5-20-11-3-9(15)8(14)2-7(11)13/h2-4H,5H2,1H3,(H,18,19). The Kier molecular flexibility index (Phi) is 4.29. The normalized spacial score (nSPS) is 10.6. The number of carbonyl (C=O) groups is 1. The van der Waals surface area contributed by atoms with Gasteiger partial charge in [0.2, 0.25) is 0 Å². The van der Waals surface area contributed by atoms with Gasteiger partial charge in [-0.05, 0) is 22.0 Å². The van der Waals surface area contributed by atoms with E-state index in [1.54, 1.807) is 7.05 Å². The lowest BCUT2D eigenvalue weighted by atomic mass is 10.2. The van der Waals surface area contributed by atoms with Gasteiger partial charge in [-0.3, -0.25) is 4.68 Å². The summed E-state index contributed by atoms with van der Waals surface area (Å²) in [6.07, 6.45) is 1.23. The van der Waals surface area contributed by atoms with Crippen molar-refractivity contribution in [2.24, 2.45) is 7.05 Å². The minimum Gasteiger partial charge on any atom is -0.486 e. The molecule has 0 aliphatic carbocycles. The van der Waals surface area contributed by atoms with E-state index in [4.69, 9.17) is 21.4 Å². The first-order valence-electron chi connectivity index (χ1n) is 5.41. The second kappa shape index (κ2) is 5.80. The molecule has 0 fully saturated rings. The molecule has 20 heavy (non-hydrogen) atoms. The number of carboxylic acids is 1. The van der Waals surface area contributed by atoms with Gasteiger partial charge in [-0.25, -0.2) is 9.18 Å². The van der Waals surface area contributed by atoms with Gasteiger partial charge in [-0.15, -0.1) is 0 Å². The molecule has 8 heteroatoms. The Morgan fingerprint density at radius 1 is 1.60 bits per heavy atom. The molecule has 0 amide bonds. The Morgan fingerprint density at radius 2 is 2.30 bits per heavy atom. The molecule has 0 bridgehead atoms. The first-order chi connectivity index (χ1) is 9.40. The molecule has 1 aromatic heterocycles. The van der Waals surface area contributed by atoms with Gasteiger partial charge in [-0.2, -0.15) is 5.10 Å². The molecule has 5 nitrogen and oxygen atoms in total. The lowest BCUT2D eigenvalue weighted by Gasteiger charge is -2.10. The Hall–Kier alpha value is -1.60. The molecular formula is C12H9BrClFN2O3. The van der Waals surface area contributed by atoms with Crippen molar-refractivity contribution in [3.8, 4) is 5.75 Å². The summed E-state index contributed by atoms with van der Waals surface area (Å²) in [5, 5.41) is 12.8. The first-order valence-corrected chi connectivity index (χ1v) is 6.58. The molecule has 0 aliphatic heterocycles. The zero-order valence-corrected chi connectivity index (χ0v) is 12.6. The van der Waals surface area contributed by atoms with Gasteiger partial charge < -0.3 is 9.84 Å². The van der Waals surface area contributed by atoms with Crippen LogP contribution in [-0.2, 0) is 13.7 Å². The van der Waals surface area contributed by atoms with Gasteiger partial charge in [0.1, 0.15) is 23.7 Å². The minimum atomic E-state index is -1.10. The maximum atomic E-state index is 13.4. The van der Waals surface area contributed by atoms with Crippen molar-refractivity contribution in [3.63, 3.8) is 0 Å². The number of halogens is 3. The molecule has 106 valence electrons. The van der Waals surface area contributed by atoms with Crippen molar-refractivity contribution in [3.05, 3.63) is 44.9 Å². The SMILES string of the molecule is Cn1ncc(C(=O)O)c1COc1cc(F)c(Cl)cc1Br. The maximum Gasteiger partial charge on any atom is 0.339 e. The fraction of sp³-hybridized carbons (Fsp3) is 0.167. The molecule has 0 saturated carbocycles. The predicted octanol–water partition coefficient (Wildman–Crippen LogP) is 3.25. The molecule has 0 spiro atoms. The molecule has 1 N–H and O–H groups in total. The van der Waals surface area contributed by atoms with Crippen molar-refractivity contribution in [2.75, 3.05) is 0 Å². The Labute approximate surface area is 127 Å². The van der Waals surface area contributed by atoms with E-state index in [1.165, 1.54) is 16.9 Å². The number of aromatic carboxylic acids is 1. The minimum absolute atomic E-state index is 0.0315. The van der Waals surface area contributed by atoms with Crippen LogP contribution in [-0.4, -0.2) is 20.9 Å². The molecule has 0 aliphatic rings. The summed E-state index contributed by atoms with van der Waals surface area (Å²) in [6.45, 7) is -0.0577. The van der Waals surface area contributed by atoms with Crippen LogP contribution in [0.5, 0.6) is 5.75 Å². The van der Waals surface area contributed by atoms with Gasteiger partial charge in [-0.1, -0.05) is 11.6 Å². The molecule has 0 saturated heterocycles. The smallest absolute Gasteiger partial charge is 0.339 e. The van der Waals surface area contributed by atoms with Crippen LogP contribution >= 0.6 is 27.5 Å². The van der Waals surface area contributed by atoms with E-state index in [9.17, 15) is 9.18 Å². The third-order valence-electron chi connectivity index (χ3n) is 2.63. The Bertz CT molecular complexity index is 675. The fourth-order valence-electron chi connectivity index (χ4n) is 1.57. The number of hydrogen-bond donors (Lipinski definition) is 1. The fourth-order valence-corrected chi connectivity index (χ4v) is 2.33. The van der Waals surface area contributed by atoms with Crippen molar-refractivity contribution in [1.82, 2.24) is 9.78 Å². The van der Waals surface area contributed by atoms with E-state index in [1.807, 2.05) is 0 Å². The number of aryl methyl sites for hydroxylation is 1. The summed E-state index contributed by atoms with van der Waals surface area (Å²) in [7, 11) is 1.60. The maximum absolute atomic E-state index is 13.4. The van der Waals surface area contributed by atoms with Crippen molar-refractivity contribution >= 4 is 33.5 Å². The molecule has 0 unspecified atom stereocenters. The van der Waals surface area contributed by atoms with Gasteiger partial charge in [0.15, 0.2) is 0 Å². The van der Waals surface area contributed by atoms with E-state index >= 15 is 0 Å². The highest BCUT2D eigenvalue weighted by Crippen LogP contribution is 2.31. The lowest BCUT2D eigenvalue weighted by molar-refractivity contribution is 0.0693. The third kappa shape index (κ3) is 2.94. The lowest BCUT2D eigenvalue weighted by Crippen LogP contribution is -2.08. The predicted molar refractivity (Wildman–Crippen MR) is 73.6 cm³/mol. The van der Waals surface area contributed by atoms with Crippen LogP contribution < -0.4 is 4.74 Å². The molecule has 1 aromatic carbocycles. The highest BCUT2D eigenvalue weighted by molar-refractivity contribution is 9.10. The number of rotatable bonds is 4. The van der Waals surface area contributed by atoms with E-state index in [2.05, 4.69) is 21.0 Å². The number of nitrogens with zero attached hydrogens (tertiary/aromatic N) is 2. The Balaban J connectivity index is 2.23. The van der Waals surface area contributed by atoms with Crippen LogP contribution in [0.3, 0.4) is 0 Å². The molecule has 0 radical (unpaired) electrons. The molecule has 1 heterocycles. The summed E-state index contributed by atoms with van der Waals surface area (Å²) in [5.74, 6) is -1.49. The largest absolute Gasteiger partial charge is 0.486 e. The van der Waals surface area contributed by atoms with Crippen molar-refractivity contribution in [1.29, 1.82) is 0 Å².